The molecule has 3 N–H and O–H groups in total. The number of rotatable bonds is 5. The zero-order chi connectivity index (χ0) is 17.8. The maximum absolute atomic E-state index is 12.6. The lowest BCUT2D eigenvalue weighted by Gasteiger charge is -2.26. The molecule has 0 aliphatic heterocycles. The molecule has 0 bridgehead atoms. The first-order valence-corrected chi connectivity index (χ1v) is 9.65. The summed E-state index contributed by atoms with van der Waals surface area (Å²) in [5.41, 5.74) is 7.71. The Morgan fingerprint density at radius 2 is 1.85 bits per heavy atom. The van der Waals surface area contributed by atoms with Crippen LogP contribution in [-0.2, 0) is 0 Å². The van der Waals surface area contributed by atoms with Gasteiger partial charge in [0.25, 0.3) is 5.91 Å². The molecule has 1 aromatic carbocycles. The normalized spacial score (nSPS) is 18.8. The Bertz CT molecular complexity index is 729. The average Bonchev–Trinajstić information content (AvgIpc) is 3.00. The van der Waals surface area contributed by atoms with Crippen molar-refractivity contribution in [1.29, 1.82) is 0 Å². The second-order valence-electron chi connectivity index (χ2n) is 6.48. The second-order valence-corrected chi connectivity index (χ2v) is 7.48. The van der Waals surface area contributed by atoms with Gasteiger partial charge in [0.05, 0.1) is 12.3 Å². The number of aryl methyl sites for hydroxylation is 1. The molecule has 1 saturated carbocycles. The summed E-state index contributed by atoms with van der Waals surface area (Å²) in [4.78, 5) is 17.9. The van der Waals surface area contributed by atoms with Gasteiger partial charge in [-0.15, -0.1) is 36.2 Å². The fraction of sp³-hybridized carbons (Fsp3) is 0.474. The summed E-state index contributed by atoms with van der Waals surface area (Å²) in [7, 11) is 0. The zero-order valence-electron chi connectivity index (χ0n) is 15.6. The van der Waals surface area contributed by atoms with Crippen LogP contribution < -0.4 is 15.8 Å². The van der Waals surface area contributed by atoms with Crippen molar-refractivity contribution in [2.24, 2.45) is 5.73 Å². The van der Waals surface area contributed by atoms with Crippen LogP contribution in [0.2, 0.25) is 0 Å². The molecule has 0 spiro atoms. The standard InChI is InChI=1S/C19H25N3O2S.2ClH/c1-3-24-16-10-4-13(5-11-16)19-21-12(2)17(25-19)18(23)22-15-8-6-14(20)7-9-15;;/h4-5,10-11,14-15H,3,6-9,20H2,1-2H3,(H,22,23);2*1H. The third-order valence-electron chi connectivity index (χ3n) is 4.52. The molecule has 1 aliphatic rings. The van der Waals surface area contributed by atoms with Gasteiger partial charge >= 0.3 is 0 Å². The predicted molar refractivity (Wildman–Crippen MR) is 116 cm³/mol. The van der Waals surface area contributed by atoms with E-state index in [9.17, 15) is 4.79 Å². The maximum Gasteiger partial charge on any atom is 0.263 e. The molecule has 1 aromatic heterocycles. The van der Waals surface area contributed by atoms with Crippen molar-refractivity contribution in [2.75, 3.05) is 6.61 Å². The Kier molecular flexibility index (Phi) is 9.53. The monoisotopic (exact) mass is 431 g/mol. The first-order valence-electron chi connectivity index (χ1n) is 8.84. The van der Waals surface area contributed by atoms with E-state index in [1.165, 1.54) is 11.3 Å². The van der Waals surface area contributed by atoms with Crippen molar-refractivity contribution in [3.8, 4) is 16.3 Å². The van der Waals surface area contributed by atoms with E-state index < -0.39 is 0 Å². The van der Waals surface area contributed by atoms with E-state index in [2.05, 4.69) is 10.3 Å². The minimum atomic E-state index is -0.0207. The summed E-state index contributed by atoms with van der Waals surface area (Å²) in [6, 6.07) is 8.33. The highest BCUT2D eigenvalue weighted by molar-refractivity contribution is 7.17. The summed E-state index contributed by atoms with van der Waals surface area (Å²) in [5.74, 6) is 0.820. The fourth-order valence-corrected chi connectivity index (χ4v) is 4.08. The van der Waals surface area contributed by atoms with Gasteiger partial charge in [0, 0.05) is 17.6 Å². The van der Waals surface area contributed by atoms with Crippen molar-refractivity contribution in [3.05, 3.63) is 34.8 Å². The molecule has 1 fully saturated rings. The van der Waals surface area contributed by atoms with E-state index in [4.69, 9.17) is 10.5 Å². The molecule has 150 valence electrons. The van der Waals surface area contributed by atoms with Gasteiger partial charge in [-0.25, -0.2) is 4.98 Å². The number of hydrogen-bond acceptors (Lipinski definition) is 5. The summed E-state index contributed by atoms with van der Waals surface area (Å²) in [5, 5.41) is 4.00. The number of ether oxygens (including phenoxy) is 1. The van der Waals surface area contributed by atoms with Crippen molar-refractivity contribution in [1.82, 2.24) is 10.3 Å². The van der Waals surface area contributed by atoms with Crippen molar-refractivity contribution in [2.45, 2.75) is 51.6 Å². The molecule has 1 heterocycles. The molecular formula is C19H27Cl2N3O2S. The smallest absolute Gasteiger partial charge is 0.263 e. The number of hydrogen-bond donors (Lipinski definition) is 2. The van der Waals surface area contributed by atoms with Gasteiger partial charge in [-0.3, -0.25) is 4.79 Å². The minimum absolute atomic E-state index is 0. The number of halogens is 2. The van der Waals surface area contributed by atoms with Gasteiger partial charge < -0.3 is 15.8 Å². The number of aromatic nitrogens is 1. The second kappa shape index (κ2) is 10.9. The number of nitrogens with one attached hydrogen (secondary N) is 1. The molecule has 0 radical (unpaired) electrons. The maximum atomic E-state index is 12.6. The number of benzene rings is 1. The number of carbonyl (C=O) groups is 1. The Labute approximate surface area is 176 Å². The minimum Gasteiger partial charge on any atom is -0.494 e. The number of amides is 1. The highest BCUT2D eigenvalue weighted by atomic mass is 35.5. The highest BCUT2D eigenvalue weighted by Crippen LogP contribution is 2.29. The van der Waals surface area contributed by atoms with E-state index in [1.807, 2.05) is 38.1 Å². The average molecular weight is 432 g/mol. The van der Waals surface area contributed by atoms with Gasteiger partial charge in [0.15, 0.2) is 0 Å². The van der Waals surface area contributed by atoms with Gasteiger partial charge in [-0.05, 0) is 63.8 Å². The van der Waals surface area contributed by atoms with E-state index in [-0.39, 0.29) is 42.8 Å². The fourth-order valence-electron chi connectivity index (χ4n) is 3.11. The number of nitrogens with two attached hydrogens (primary N) is 1. The Morgan fingerprint density at radius 3 is 2.44 bits per heavy atom. The van der Waals surface area contributed by atoms with E-state index >= 15 is 0 Å². The van der Waals surface area contributed by atoms with Crippen LogP contribution in [0.25, 0.3) is 10.6 Å². The Hall–Kier alpha value is -1.34. The summed E-state index contributed by atoms with van der Waals surface area (Å²) in [6.07, 6.45) is 3.86. The first-order chi connectivity index (χ1) is 12.1. The Morgan fingerprint density at radius 1 is 1.22 bits per heavy atom. The topological polar surface area (TPSA) is 77.2 Å². The van der Waals surface area contributed by atoms with E-state index in [1.54, 1.807) is 0 Å². The highest BCUT2D eigenvalue weighted by Gasteiger charge is 2.23. The van der Waals surface area contributed by atoms with Gasteiger partial charge in [0.1, 0.15) is 15.6 Å². The van der Waals surface area contributed by atoms with Crippen LogP contribution in [0, 0.1) is 6.92 Å². The molecule has 0 unspecified atom stereocenters. The summed E-state index contributed by atoms with van der Waals surface area (Å²) < 4.78 is 5.47. The van der Waals surface area contributed by atoms with Crippen LogP contribution in [0.3, 0.4) is 0 Å². The molecule has 8 heteroatoms. The third-order valence-corrected chi connectivity index (χ3v) is 5.73. The largest absolute Gasteiger partial charge is 0.494 e. The number of nitrogens with zero attached hydrogens (tertiary/aromatic N) is 1. The summed E-state index contributed by atoms with van der Waals surface area (Å²) in [6.45, 7) is 4.50. The lowest BCUT2D eigenvalue weighted by molar-refractivity contribution is 0.0929. The Balaban J connectivity index is 0.00000182. The predicted octanol–water partition coefficient (Wildman–Crippen LogP) is 4.36. The molecule has 5 nitrogen and oxygen atoms in total. The molecule has 1 aliphatic carbocycles. The molecule has 0 atom stereocenters. The van der Waals surface area contributed by atoms with Crippen LogP contribution in [0.1, 0.15) is 48.0 Å². The number of thiazole rings is 1. The third kappa shape index (κ3) is 6.07. The van der Waals surface area contributed by atoms with Crippen LogP contribution in [0.4, 0.5) is 0 Å². The SMILES string of the molecule is CCOc1ccc(-c2nc(C)c(C(=O)NC3CCC(N)CC3)s2)cc1.Cl.Cl. The lowest BCUT2D eigenvalue weighted by Crippen LogP contribution is -2.40. The molecule has 2 aromatic rings. The molecule has 0 saturated heterocycles. The van der Waals surface area contributed by atoms with E-state index in [0.29, 0.717) is 11.5 Å². The quantitative estimate of drug-likeness (QED) is 0.736. The summed E-state index contributed by atoms with van der Waals surface area (Å²) >= 11 is 1.44. The van der Waals surface area contributed by atoms with Crippen LogP contribution in [0.5, 0.6) is 5.75 Å². The van der Waals surface area contributed by atoms with Crippen LogP contribution in [0.15, 0.2) is 24.3 Å². The lowest BCUT2D eigenvalue weighted by atomic mass is 9.92. The van der Waals surface area contributed by atoms with Gasteiger partial charge in [-0.1, -0.05) is 0 Å². The van der Waals surface area contributed by atoms with Crippen molar-refractivity contribution < 1.29 is 9.53 Å². The van der Waals surface area contributed by atoms with Crippen molar-refractivity contribution in [3.63, 3.8) is 0 Å². The molecule has 27 heavy (non-hydrogen) atoms. The van der Waals surface area contributed by atoms with Gasteiger partial charge in [0.2, 0.25) is 0 Å². The first kappa shape index (κ1) is 23.7. The van der Waals surface area contributed by atoms with Gasteiger partial charge in [-0.2, -0.15) is 0 Å². The van der Waals surface area contributed by atoms with Crippen molar-refractivity contribution >= 4 is 42.1 Å². The zero-order valence-corrected chi connectivity index (χ0v) is 18.0. The molecule has 3 rings (SSSR count). The number of carbonyl (C=O) groups excluding carboxylic acids is 1. The van der Waals surface area contributed by atoms with Crippen LogP contribution in [-0.4, -0.2) is 29.6 Å². The van der Waals surface area contributed by atoms with E-state index in [0.717, 1.165) is 47.7 Å². The van der Waals surface area contributed by atoms with Crippen LogP contribution >= 0.6 is 36.2 Å². The molecule has 1 amide bonds. The molecular weight excluding hydrogens is 405 g/mol.